The van der Waals surface area contributed by atoms with E-state index < -0.39 is 0 Å². The predicted octanol–water partition coefficient (Wildman–Crippen LogP) is 6.73. The molecule has 0 bridgehead atoms. The van der Waals surface area contributed by atoms with E-state index in [1.54, 1.807) is 0 Å². The Labute approximate surface area is 167 Å². The van der Waals surface area contributed by atoms with E-state index in [9.17, 15) is 0 Å². The summed E-state index contributed by atoms with van der Waals surface area (Å²) in [5.41, 5.74) is 6.80. The van der Waals surface area contributed by atoms with E-state index in [2.05, 4.69) is 122 Å². The van der Waals surface area contributed by atoms with E-state index in [1.165, 1.54) is 27.8 Å². The maximum Gasteiger partial charge on any atom is 0.0466 e. The summed E-state index contributed by atoms with van der Waals surface area (Å²) in [4.78, 5) is 0. The minimum absolute atomic E-state index is 0.0382. The third-order valence-electron chi connectivity index (χ3n) is 6.54. The number of hydrogen-bond donors (Lipinski definition) is 0. The van der Waals surface area contributed by atoms with E-state index >= 15 is 0 Å². The van der Waals surface area contributed by atoms with E-state index in [1.807, 2.05) is 0 Å². The Morgan fingerprint density at radius 3 is 1.36 bits per heavy atom. The Morgan fingerprint density at radius 2 is 0.857 bits per heavy atom. The van der Waals surface area contributed by atoms with Crippen LogP contribution in [0.4, 0.5) is 0 Å². The summed E-state index contributed by atoms with van der Waals surface area (Å²) < 4.78 is 0. The van der Waals surface area contributed by atoms with Crippen molar-refractivity contribution in [1.29, 1.82) is 0 Å². The lowest BCUT2D eigenvalue weighted by Crippen LogP contribution is -2.30. The van der Waals surface area contributed by atoms with Gasteiger partial charge < -0.3 is 0 Å². The average Bonchev–Trinajstić information content (AvgIpc) is 3.07. The van der Waals surface area contributed by atoms with Gasteiger partial charge in [-0.05, 0) is 34.2 Å². The predicted molar refractivity (Wildman–Crippen MR) is 117 cm³/mol. The van der Waals surface area contributed by atoms with Crippen molar-refractivity contribution in [3.8, 4) is 0 Å². The Balaban J connectivity index is 1.85. The molecule has 0 aliphatic heterocycles. The molecule has 5 rings (SSSR count). The van der Waals surface area contributed by atoms with E-state index in [4.69, 9.17) is 0 Å². The fraction of sp³-hybridized carbons (Fsp3) is 0.143. The molecule has 0 heteroatoms. The van der Waals surface area contributed by atoms with Crippen molar-refractivity contribution in [1.82, 2.24) is 0 Å². The second-order valence-corrected chi connectivity index (χ2v) is 8.06. The molecule has 1 atom stereocenters. The summed E-state index contributed by atoms with van der Waals surface area (Å²) >= 11 is 0. The zero-order valence-corrected chi connectivity index (χ0v) is 16.2. The number of hydrogen-bond acceptors (Lipinski definition) is 0. The summed E-state index contributed by atoms with van der Waals surface area (Å²) in [7, 11) is 0. The highest BCUT2D eigenvalue weighted by Crippen LogP contribution is 2.58. The van der Waals surface area contributed by atoms with Crippen LogP contribution < -0.4 is 0 Å². The molecule has 0 fully saturated rings. The lowest BCUT2D eigenvalue weighted by molar-refractivity contribution is 0.473. The van der Waals surface area contributed by atoms with Gasteiger partial charge in [0.15, 0.2) is 0 Å². The van der Waals surface area contributed by atoms with Crippen LogP contribution in [0, 0.1) is 0 Å². The van der Waals surface area contributed by atoms with Crippen LogP contribution in [-0.2, 0) is 10.8 Å². The van der Waals surface area contributed by atoms with Gasteiger partial charge in [0, 0.05) is 10.8 Å². The molecule has 1 unspecified atom stereocenters. The highest BCUT2D eigenvalue weighted by atomic mass is 14.5. The van der Waals surface area contributed by atoms with Gasteiger partial charge in [0.1, 0.15) is 0 Å². The fourth-order valence-corrected chi connectivity index (χ4v) is 5.25. The van der Waals surface area contributed by atoms with Gasteiger partial charge in [0.2, 0.25) is 0 Å². The van der Waals surface area contributed by atoms with Crippen molar-refractivity contribution in [3.63, 3.8) is 0 Å². The lowest BCUT2D eigenvalue weighted by atomic mass is 9.67. The van der Waals surface area contributed by atoms with Crippen molar-refractivity contribution < 1.29 is 0 Å². The molecule has 1 aliphatic rings. The first-order valence-corrected chi connectivity index (χ1v) is 10.0. The highest BCUT2D eigenvalue weighted by molar-refractivity contribution is 5.62. The lowest BCUT2D eigenvalue weighted by Gasteiger charge is -2.35. The van der Waals surface area contributed by atoms with Gasteiger partial charge >= 0.3 is 0 Å². The van der Waals surface area contributed by atoms with Gasteiger partial charge in [-0.3, -0.25) is 0 Å². The van der Waals surface area contributed by atoms with Gasteiger partial charge in [-0.15, -0.1) is 0 Å². The zero-order valence-electron chi connectivity index (χ0n) is 16.2. The first-order valence-electron chi connectivity index (χ1n) is 10.0. The van der Waals surface area contributed by atoms with Crippen molar-refractivity contribution >= 4 is 0 Å². The molecule has 0 radical (unpaired) electrons. The van der Waals surface area contributed by atoms with Crippen LogP contribution in [0.3, 0.4) is 0 Å². The third-order valence-corrected chi connectivity index (χ3v) is 6.54. The van der Waals surface area contributed by atoms with Crippen LogP contribution in [0.1, 0.15) is 41.2 Å². The van der Waals surface area contributed by atoms with E-state index in [-0.39, 0.29) is 10.8 Å². The molecule has 136 valence electrons. The molecule has 0 spiro atoms. The van der Waals surface area contributed by atoms with Crippen molar-refractivity contribution in [3.05, 3.63) is 143 Å². The van der Waals surface area contributed by atoms with Crippen LogP contribution in [0.15, 0.2) is 115 Å². The summed E-state index contributed by atoms with van der Waals surface area (Å²) in [6, 6.07) is 42.1. The Kier molecular flexibility index (Phi) is 3.94. The largest absolute Gasteiger partial charge is 0.0622 e. The molecule has 0 heterocycles. The zero-order chi connectivity index (χ0) is 19.0. The van der Waals surface area contributed by atoms with Gasteiger partial charge in [-0.2, -0.15) is 0 Å². The molecule has 0 aromatic heterocycles. The van der Waals surface area contributed by atoms with Gasteiger partial charge in [0.25, 0.3) is 0 Å². The van der Waals surface area contributed by atoms with E-state index in [0.29, 0.717) is 0 Å². The molecule has 1 aliphatic carbocycles. The summed E-state index contributed by atoms with van der Waals surface area (Å²) in [6.07, 6.45) is 1.03. The minimum Gasteiger partial charge on any atom is -0.0622 e. The SMILES string of the molecule is CC1(c2ccccc2)CC(c2ccccc2)(c2ccccc2)c2ccccc21. The van der Waals surface area contributed by atoms with Crippen LogP contribution in [0.5, 0.6) is 0 Å². The second-order valence-electron chi connectivity index (χ2n) is 8.06. The maximum atomic E-state index is 2.41. The Bertz CT molecular complexity index is 1040. The number of fused-ring (bicyclic) bond motifs is 1. The van der Waals surface area contributed by atoms with Crippen molar-refractivity contribution in [2.24, 2.45) is 0 Å². The van der Waals surface area contributed by atoms with Crippen LogP contribution in [0.25, 0.3) is 0 Å². The average molecular weight is 361 g/mol. The number of benzene rings is 4. The smallest absolute Gasteiger partial charge is 0.0466 e. The van der Waals surface area contributed by atoms with E-state index in [0.717, 1.165) is 6.42 Å². The fourth-order valence-electron chi connectivity index (χ4n) is 5.25. The van der Waals surface area contributed by atoms with Gasteiger partial charge in [-0.1, -0.05) is 122 Å². The Hall–Kier alpha value is -3.12. The quantitative estimate of drug-likeness (QED) is 0.380. The molecular weight excluding hydrogens is 336 g/mol. The molecule has 4 aromatic rings. The molecule has 0 N–H and O–H groups in total. The standard InChI is InChI=1S/C28H24/c1-27(22-13-5-2-6-14-22)21-28(23-15-7-3-8-16-23,24-17-9-4-10-18-24)26-20-12-11-19-25(26)27/h2-20H,21H2,1H3. The van der Waals surface area contributed by atoms with Gasteiger partial charge in [0.05, 0.1) is 0 Å². The van der Waals surface area contributed by atoms with Crippen LogP contribution in [0.2, 0.25) is 0 Å². The molecule has 0 saturated heterocycles. The minimum atomic E-state index is -0.149. The second kappa shape index (κ2) is 6.49. The third kappa shape index (κ3) is 2.38. The molecule has 0 saturated carbocycles. The topological polar surface area (TPSA) is 0 Å². The first-order chi connectivity index (χ1) is 13.7. The first kappa shape index (κ1) is 17.0. The van der Waals surface area contributed by atoms with Gasteiger partial charge in [-0.25, -0.2) is 0 Å². The monoisotopic (exact) mass is 360 g/mol. The molecular formula is C28H24. The van der Waals surface area contributed by atoms with Crippen LogP contribution >= 0.6 is 0 Å². The summed E-state index contributed by atoms with van der Waals surface area (Å²) in [5.74, 6) is 0. The highest BCUT2D eigenvalue weighted by Gasteiger charge is 2.52. The number of rotatable bonds is 3. The summed E-state index contributed by atoms with van der Waals surface area (Å²) in [6.45, 7) is 2.41. The van der Waals surface area contributed by atoms with Crippen molar-refractivity contribution in [2.45, 2.75) is 24.2 Å². The molecule has 4 aromatic carbocycles. The molecule has 0 nitrogen and oxygen atoms in total. The Morgan fingerprint density at radius 1 is 0.464 bits per heavy atom. The molecule has 0 amide bonds. The summed E-state index contributed by atoms with van der Waals surface area (Å²) in [5, 5.41) is 0. The maximum absolute atomic E-state index is 2.41. The van der Waals surface area contributed by atoms with Crippen molar-refractivity contribution in [2.75, 3.05) is 0 Å². The normalized spacial score (nSPS) is 19.9. The van der Waals surface area contributed by atoms with Crippen LogP contribution in [-0.4, -0.2) is 0 Å². The molecule has 28 heavy (non-hydrogen) atoms.